The van der Waals surface area contributed by atoms with Crippen molar-refractivity contribution in [1.82, 2.24) is 9.71 Å². The zero-order valence-corrected chi connectivity index (χ0v) is 19.8. The Kier molecular flexibility index (Phi) is 7.32. The lowest BCUT2D eigenvalue weighted by Gasteiger charge is -2.21. The molecular formula is C22H28ClN3O5S. The first-order valence-electron chi connectivity index (χ1n) is 10.4. The molecule has 1 aromatic heterocycles. The Bertz CT molecular complexity index is 1080. The summed E-state index contributed by atoms with van der Waals surface area (Å²) in [6.07, 6.45) is 0.894. The highest BCUT2D eigenvalue weighted by molar-refractivity contribution is 7.90. The molecule has 1 heterocycles. The molecule has 1 amide bonds. The number of rotatable bonds is 10. The third-order valence-electron chi connectivity index (χ3n) is 4.89. The quantitative estimate of drug-likeness (QED) is 0.477. The smallest absolute Gasteiger partial charge is 0.281 e. The van der Waals surface area contributed by atoms with Crippen molar-refractivity contribution in [1.29, 1.82) is 0 Å². The van der Waals surface area contributed by atoms with Crippen LogP contribution < -0.4 is 14.8 Å². The minimum atomic E-state index is -4.21. The zero-order valence-electron chi connectivity index (χ0n) is 18.3. The van der Waals surface area contributed by atoms with Gasteiger partial charge in [0, 0.05) is 24.4 Å². The number of aliphatic hydroxyl groups is 1. The number of hydrogen-bond donors (Lipinski definition) is 3. The van der Waals surface area contributed by atoms with Gasteiger partial charge in [-0.15, -0.1) is 0 Å². The molecule has 174 valence electrons. The summed E-state index contributed by atoms with van der Waals surface area (Å²) < 4.78 is 33.7. The first-order valence-corrected chi connectivity index (χ1v) is 12.3. The van der Waals surface area contributed by atoms with E-state index in [4.69, 9.17) is 16.3 Å². The molecule has 1 atom stereocenters. The molecule has 3 N–H and O–H groups in total. The first kappa shape index (κ1) is 24.3. The van der Waals surface area contributed by atoms with Gasteiger partial charge in [0.05, 0.1) is 6.10 Å². The van der Waals surface area contributed by atoms with Gasteiger partial charge in [0.15, 0.2) is 10.6 Å². The predicted octanol–water partition coefficient (Wildman–Crippen LogP) is 3.14. The van der Waals surface area contributed by atoms with Crippen LogP contribution in [-0.2, 0) is 21.2 Å². The van der Waals surface area contributed by atoms with Crippen molar-refractivity contribution < 1.29 is 23.1 Å². The monoisotopic (exact) mass is 481 g/mol. The average molecular weight is 482 g/mol. The topological polar surface area (TPSA) is 118 Å². The van der Waals surface area contributed by atoms with Crippen LogP contribution in [0.15, 0.2) is 41.4 Å². The Hall–Kier alpha value is -2.36. The number of carbonyl (C=O) groups excluding carboxylic acids is 1. The molecule has 2 aromatic rings. The van der Waals surface area contributed by atoms with Crippen LogP contribution >= 0.6 is 11.6 Å². The summed E-state index contributed by atoms with van der Waals surface area (Å²) in [5, 5.41) is 12.4. The van der Waals surface area contributed by atoms with Crippen molar-refractivity contribution in [3.8, 4) is 5.75 Å². The Morgan fingerprint density at radius 1 is 1.25 bits per heavy atom. The second kappa shape index (κ2) is 9.64. The molecular weight excluding hydrogens is 454 g/mol. The maximum Gasteiger partial charge on any atom is 0.281 e. The normalized spacial score (nSPS) is 15.8. The summed E-state index contributed by atoms with van der Waals surface area (Å²) in [5.41, 5.74) is -0.351. The van der Waals surface area contributed by atoms with Gasteiger partial charge < -0.3 is 15.2 Å². The van der Waals surface area contributed by atoms with Crippen LogP contribution in [0.3, 0.4) is 0 Å². The van der Waals surface area contributed by atoms with E-state index in [-0.39, 0.29) is 17.4 Å². The maximum absolute atomic E-state index is 12.9. The van der Waals surface area contributed by atoms with Crippen LogP contribution in [0.2, 0.25) is 5.02 Å². The largest absolute Gasteiger partial charge is 0.477 e. The number of aromatic nitrogens is 1. The lowest BCUT2D eigenvalue weighted by Crippen LogP contribution is -2.43. The molecule has 1 aliphatic carbocycles. The molecule has 32 heavy (non-hydrogen) atoms. The minimum Gasteiger partial charge on any atom is -0.477 e. The first-order chi connectivity index (χ1) is 15.0. The van der Waals surface area contributed by atoms with E-state index in [1.165, 1.54) is 12.1 Å². The van der Waals surface area contributed by atoms with E-state index in [0.717, 1.165) is 12.0 Å². The fraction of sp³-hybridized carbons (Fsp3) is 0.455. The van der Waals surface area contributed by atoms with Gasteiger partial charge in [0.2, 0.25) is 0 Å². The molecule has 3 rings (SSSR count). The van der Waals surface area contributed by atoms with Crippen molar-refractivity contribution in [2.75, 3.05) is 11.9 Å². The second-order valence-corrected chi connectivity index (χ2v) is 10.5. The number of carbonyl (C=O) groups is 1. The van der Waals surface area contributed by atoms with Gasteiger partial charge in [-0.2, -0.15) is 8.42 Å². The minimum absolute atomic E-state index is 0.207. The fourth-order valence-corrected chi connectivity index (χ4v) is 4.29. The number of hydrogen-bond acceptors (Lipinski definition) is 7. The molecule has 0 bridgehead atoms. The molecule has 1 saturated carbocycles. The van der Waals surface area contributed by atoms with E-state index in [9.17, 15) is 18.3 Å². The summed E-state index contributed by atoms with van der Waals surface area (Å²) in [7, 11) is -4.21. The van der Waals surface area contributed by atoms with Crippen LogP contribution in [0.25, 0.3) is 0 Å². The number of anilines is 1. The number of ether oxygens (including phenoxy) is 1. The van der Waals surface area contributed by atoms with Gasteiger partial charge in [-0.1, -0.05) is 37.6 Å². The van der Waals surface area contributed by atoms with Crippen molar-refractivity contribution in [2.45, 2.75) is 56.8 Å². The highest BCUT2D eigenvalue weighted by Crippen LogP contribution is 2.42. The Morgan fingerprint density at radius 3 is 2.59 bits per heavy atom. The number of sulfonamides is 1. The van der Waals surface area contributed by atoms with E-state index in [1.54, 1.807) is 25.1 Å². The maximum atomic E-state index is 12.9. The summed E-state index contributed by atoms with van der Waals surface area (Å²) in [6, 6.07) is 9.65. The molecule has 0 spiro atoms. The predicted molar refractivity (Wildman–Crippen MR) is 122 cm³/mol. The SMILES string of the molecule is CC(C)Cc1ccc(Cl)cc1OC1(C(=O)NS(=O)(=O)c2cccc(NCC(C)O)n2)CC1. The highest BCUT2D eigenvalue weighted by atomic mass is 35.5. The van der Waals surface area contributed by atoms with E-state index in [0.29, 0.717) is 29.5 Å². The van der Waals surface area contributed by atoms with E-state index in [2.05, 4.69) is 28.9 Å². The third-order valence-corrected chi connectivity index (χ3v) is 6.35. The summed E-state index contributed by atoms with van der Waals surface area (Å²) in [5.74, 6) is 0.385. The van der Waals surface area contributed by atoms with Gasteiger partial charge in [-0.05, 0) is 49.1 Å². The lowest BCUT2D eigenvalue weighted by molar-refractivity contribution is -0.127. The zero-order chi connectivity index (χ0) is 23.5. The number of amides is 1. The van der Waals surface area contributed by atoms with E-state index < -0.39 is 27.6 Å². The van der Waals surface area contributed by atoms with E-state index in [1.807, 2.05) is 6.07 Å². The molecule has 8 nitrogen and oxygen atoms in total. The van der Waals surface area contributed by atoms with E-state index >= 15 is 0 Å². The lowest BCUT2D eigenvalue weighted by atomic mass is 10.0. The summed E-state index contributed by atoms with van der Waals surface area (Å²) >= 11 is 6.12. The van der Waals surface area contributed by atoms with Crippen molar-refractivity contribution in [3.05, 3.63) is 47.0 Å². The Balaban J connectivity index is 1.76. The van der Waals surface area contributed by atoms with Crippen LogP contribution in [-0.4, -0.2) is 42.7 Å². The second-order valence-electron chi connectivity index (χ2n) is 8.47. The van der Waals surface area contributed by atoms with Crippen LogP contribution in [0.1, 0.15) is 39.2 Å². The number of nitrogens with one attached hydrogen (secondary N) is 2. The van der Waals surface area contributed by atoms with Crippen molar-refractivity contribution in [2.24, 2.45) is 5.92 Å². The summed E-state index contributed by atoms with van der Waals surface area (Å²) in [4.78, 5) is 16.9. The summed E-state index contributed by atoms with van der Waals surface area (Å²) in [6.45, 7) is 5.94. The molecule has 0 saturated heterocycles. The molecule has 0 radical (unpaired) electrons. The van der Waals surface area contributed by atoms with Crippen LogP contribution in [0, 0.1) is 5.92 Å². The van der Waals surface area contributed by atoms with Gasteiger partial charge in [-0.3, -0.25) is 4.79 Å². The fourth-order valence-electron chi connectivity index (χ4n) is 3.11. The standard InChI is InChI=1S/C22H28ClN3O5S/c1-14(2)11-16-7-8-17(23)12-18(16)31-22(9-10-22)21(28)26-32(29,30)20-6-4-5-19(25-20)24-13-15(3)27/h4-8,12,14-15,27H,9-11,13H2,1-3H3,(H,24,25)(H,26,28). The number of pyridine rings is 1. The molecule has 1 unspecified atom stereocenters. The number of nitrogens with zero attached hydrogens (tertiary/aromatic N) is 1. The molecule has 1 fully saturated rings. The van der Waals surface area contributed by atoms with Crippen molar-refractivity contribution in [3.63, 3.8) is 0 Å². The third kappa shape index (κ3) is 6.11. The van der Waals surface area contributed by atoms with Gasteiger partial charge >= 0.3 is 0 Å². The Labute approximate surface area is 193 Å². The molecule has 1 aliphatic rings. The molecule has 10 heteroatoms. The number of benzene rings is 1. The average Bonchev–Trinajstić information content (AvgIpc) is 3.49. The van der Waals surface area contributed by atoms with Crippen molar-refractivity contribution >= 4 is 33.3 Å². The number of aliphatic hydroxyl groups excluding tert-OH is 1. The number of halogens is 1. The Morgan fingerprint density at radius 2 is 1.97 bits per heavy atom. The highest BCUT2D eigenvalue weighted by Gasteiger charge is 2.54. The molecule has 0 aliphatic heterocycles. The van der Waals surface area contributed by atoms with Gasteiger partial charge in [0.25, 0.3) is 15.9 Å². The van der Waals surface area contributed by atoms with Gasteiger partial charge in [-0.25, -0.2) is 9.71 Å². The van der Waals surface area contributed by atoms with Gasteiger partial charge in [0.1, 0.15) is 11.6 Å². The van der Waals surface area contributed by atoms with Crippen LogP contribution in [0.5, 0.6) is 5.75 Å². The molecule has 1 aromatic carbocycles. The van der Waals surface area contributed by atoms with Crippen LogP contribution in [0.4, 0.5) is 5.82 Å².